The maximum absolute atomic E-state index is 13.2. The van der Waals surface area contributed by atoms with E-state index in [2.05, 4.69) is 16.8 Å². The Balaban J connectivity index is 1.40. The average Bonchev–Trinajstić information content (AvgIpc) is 3.48. The number of hydrogen-bond donors (Lipinski definition) is 1. The zero-order valence-corrected chi connectivity index (χ0v) is 20.2. The highest BCUT2D eigenvalue weighted by Gasteiger charge is 2.33. The third-order valence-corrected chi connectivity index (χ3v) is 8.53. The van der Waals surface area contributed by atoms with Gasteiger partial charge in [-0.15, -0.1) is 0 Å². The molecule has 35 heavy (non-hydrogen) atoms. The minimum atomic E-state index is -3.73. The molecule has 0 bridgehead atoms. The summed E-state index contributed by atoms with van der Waals surface area (Å²) in [6.07, 6.45) is 2.06. The number of fused-ring (bicyclic) bond motifs is 1. The molecule has 2 aromatic rings. The van der Waals surface area contributed by atoms with Crippen molar-refractivity contribution in [2.45, 2.75) is 17.7 Å². The van der Waals surface area contributed by atoms with Gasteiger partial charge in [0.2, 0.25) is 15.9 Å². The third-order valence-electron chi connectivity index (χ3n) is 6.64. The highest BCUT2D eigenvalue weighted by Crippen LogP contribution is 2.34. The topological polar surface area (TPSA) is 99.3 Å². The predicted molar refractivity (Wildman–Crippen MR) is 133 cm³/mol. The van der Waals surface area contributed by atoms with E-state index in [0.717, 1.165) is 31.6 Å². The van der Waals surface area contributed by atoms with Crippen LogP contribution in [-0.2, 0) is 19.6 Å². The van der Waals surface area contributed by atoms with Crippen LogP contribution in [-0.4, -0.2) is 75.4 Å². The Morgan fingerprint density at radius 2 is 1.69 bits per heavy atom. The van der Waals surface area contributed by atoms with E-state index in [1.54, 1.807) is 30.3 Å². The Morgan fingerprint density at radius 1 is 1.00 bits per heavy atom. The number of morpholine rings is 1. The summed E-state index contributed by atoms with van der Waals surface area (Å²) in [4.78, 5) is 29.5. The molecule has 2 aromatic carbocycles. The van der Waals surface area contributed by atoms with Crippen molar-refractivity contribution in [1.82, 2.24) is 9.21 Å². The molecule has 0 spiro atoms. The number of hydrogen-bond acceptors (Lipinski definition) is 6. The van der Waals surface area contributed by atoms with Gasteiger partial charge in [-0.3, -0.25) is 14.5 Å². The molecule has 3 aliphatic heterocycles. The molecule has 2 fully saturated rings. The first-order chi connectivity index (χ1) is 16.9. The summed E-state index contributed by atoms with van der Waals surface area (Å²) in [6, 6.07) is 12.0. The fraction of sp³-hybridized carbons (Fsp3) is 0.360. The van der Waals surface area contributed by atoms with Crippen LogP contribution in [0.1, 0.15) is 28.8 Å². The SMILES string of the molecule is C=C1c2ccccc2C(=O)N1CC(=O)Nc1cc(S(=O)(=O)N2CCOCC2)ccc1N1CCCC1. The summed E-state index contributed by atoms with van der Waals surface area (Å²) in [5.74, 6) is -0.696. The van der Waals surface area contributed by atoms with E-state index < -0.39 is 15.9 Å². The molecule has 10 heteroatoms. The lowest BCUT2D eigenvalue weighted by atomic mass is 10.1. The van der Waals surface area contributed by atoms with Gasteiger partial charge in [-0.25, -0.2) is 8.42 Å². The summed E-state index contributed by atoms with van der Waals surface area (Å²) < 4.78 is 33.1. The quantitative estimate of drug-likeness (QED) is 0.659. The molecule has 9 nitrogen and oxygen atoms in total. The number of carbonyl (C=O) groups excluding carboxylic acids is 2. The fourth-order valence-corrected chi connectivity index (χ4v) is 6.22. The third kappa shape index (κ3) is 4.44. The van der Waals surface area contributed by atoms with E-state index in [-0.39, 0.29) is 30.4 Å². The van der Waals surface area contributed by atoms with Crippen LogP contribution >= 0.6 is 0 Å². The van der Waals surface area contributed by atoms with Crippen molar-refractivity contribution in [3.63, 3.8) is 0 Å². The van der Waals surface area contributed by atoms with E-state index in [0.29, 0.717) is 35.7 Å². The first-order valence-electron chi connectivity index (χ1n) is 11.7. The van der Waals surface area contributed by atoms with Crippen molar-refractivity contribution < 1.29 is 22.7 Å². The molecule has 0 radical (unpaired) electrons. The average molecular weight is 497 g/mol. The summed E-state index contributed by atoms with van der Waals surface area (Å²) in [6.45, 7) is 6.71. The molecular weight excluding hydrogens is 468 g/mol. The van der Waals surface area contributed by atoms with Crippen LogP contribution in [0.25, 0.3) is 5.70 Å². The first kappa shape index (κ1) is 23.5. The highest BCUT2D eigenvalue weighted by molar-refractivity contribution is 7.89. The Labute approximate surface area is 205 Å². The molecule has 0 aromatic heterocycles. The summed E-state index contributed by atoms with van der Waals surface area (Å²) in [5.41, 5.74) is 2.89. The number of rotatable bonds is 6. The number of benzene rings is 2. The largest absolute Gasteiger partial charge is 0.379 e. The Morgan fingerprint density at radius 3 is 2.37 bits per heavy atom. The number of anilines is 2. The maximum Gasteiger partial charge on any atom is 0.259 e. The molecule has 0 atom stereocenters. The van der Waals surface area contributed by atoms with Gasteiger partial charge in [-0.05, 0) is 37.1 Å². The summed E-state index contributed by atoms with van der Waals surface area (Å²) in [5, 5.41) is 2.87. The van der Waals surface area contributed by atoms with Crippen LogP contribution < -0.4 is 10.2 Å². The van der Waals surface area contributed by atoms with Crippen LogP contribution in [0.2, 0.25) is 0 Å². The van der Waals surface area contributed by atoms with E-state index in [1.165, 1.54) is 15.3 Å². The van der Waals surface area contributed by atoms with Crippen molar-refractivity contribution in [2.24, 2.45) is 0 Å². The number of sulfonamides is 1. The van der Waals surface area contributed by atoms with Crippen molar-refractivity contribution in [2.75, 3.05) is 56.2 Å². The van der Waals surface area contributed by atoms with E-state index in [9.17, 15) is 18.0 Å². The van der Waals surface area contributed by atoms with E-state index >= 15 is 0 Å². The summed E-state index contributed by atoms with van der Waals surface area (Å²) >= 11 is 0. The van der Waals surface area contributed by atoms with Crippen molar-refractivity contribution in [3.8, 4) is 0 Å². The second-order valence-corrected chi connectivity index (χ2v) is 10.8. The van der Waals surface area contributed by atoms with Crippen molar-refractivity contribution >= 4 is 38.9 Å². The van der Waals surface area contributed by atoms with Gasteiger partial charge in [0.25, 0.3) is 5.91 Å². The number of ether oxygens (including phenoxy) is 1. The van der Waals surface area contributed by atoms with Gasteiger partial charge in [0, 0.05) is 43.0 Å². The molecule has 184 valence electrons. The molecule has 0 aliphatic carbocycles. The van der Waals surface area contributed by atoms with Crippen molar-refractivity contribution in [3.05, 3.63) is 60.2 Å². The highest BCUT2D eigenvalue weighted by atomic mass is 32.2. The molecule has 3 aliphatic rings. The molecular formula is C25H28N4O5S. The van der Waals surface area contributed by atoms with Gasteiger partial charge >= 0.3 is 0 Å². The van der Waals surface area contributed by atoms with Gasteiger partial charge in [0.05, 0.1) is 29.5 Å². The smallest absolute Gasteiger partial charge is 0.259 e. The fourth-order valence-electron chi connectivity index (χ4n) is 4.78. The lowest BCUT2D eigenvalue weighted by Gasteiger charge is -2.27. The van der Waals surface area contributed by atoms with Crippen LogP contribution in [0.5, 0.6) is 0 Å². The monoisotopic (exact) mass is 496 g/mol. The molecule has 2 saturated heterocycles. The van der Waals surface area contributed by atoms with Gasteiger partial charge < -0.3 is 15.0 Å². The van der Waals surface area contributed by atoms with Crippen molar-refractivity contribution in [1.29, 1.82) is 0 Å². The lowest BCUT2D eigenvalue weighted by molar-refractivity contribution is -0.116. The van der Waals surface area contributed by atoms with Crippen LogP contribution in [0.4, 0.5) is 11.4 Å². The zero-order chi connectivity index (χ0) is 24.6. The van der Waals surface area contributed by atoms with Crippen LogP contribution in [0, 0.1) is 0 Å². The number of amides is 2. The van der Waals surface area contributed by atoms with Crippen LogP contribution in [0.3, 0.4) is 0 Å². The maximum atomic E-state index is 13.2. The molecule has 5 rings (SSSR count). The van der Waals surface area contributed by atoms with E-state index in [4.69, 9.17) is 4.74 Å². The normalized spacial score (nSPS) is 18.7. The molecule has 1 N–H and O–H groups in total. The molecule has 0 unspecified atom stereocenters. The number of nitrogens with zero attached hydrogens (tertiary/aromatic N) is 3. The van der Waals surface area contributed by atoms with Crippen LogP contribution in [0.15, 0.2) is 53.9 Å². The van der Waals surface area contributed by atoms with Gasteiger partial charge in [-0.2, -0.15) is 4.31 Å². The first-order valence-corrected chi connectivity index (χ1v) is 13.2. The molecule has 2 amide bonds. The Bertz CT molecular complexity index is 1250. The summed E-state index contributed by atoms with van der Waals surface area (Å²) in [7, 11) is -3.73. The Hall–Kier alpha value is -3.21. The van der Waals surface area contributed by atoms with Gasteiger partial charge in [-0.1, -0.05) is 24.8 Å². The molecule has 0 saturated carbocycles. The van der Waals surface area contributed by atoms with E-state index in [1.807, 2.05) is 6.07 Å². The minimum absolute atomic E-state index is 0.117. The van der Waals surface area contributed by atoms with Gasteiger partial charge in [0.15, 0.2) is 0 Å². The second-order valence-electron chi connectivity index (χ2n) is 8.82. The number of nitrogens with one attached hydrogen (secondary N) is 1. The number of carbonyl (C=O) groups is 2. The standard InChI is InChI=1S/C25H28N4O5S/c1-18-20-6-2-3-7-21(20)25(31)29(18)17-24(30)26-22-16-19(8-9-23(22)27-10-4-5-11-27)35(32,33)28-12-14-34-15-13-28/h2-3,6-9,16H,1,4-5,10-15,17H2,(H,26,30). The second kappa shape index (κ2) is 9.44. The lowest BCUT2D eigenvalue weighted by Crippen LogP contribution is -2.40. The Kier molecular flexibility index (Phi) is 6.35. The predicted octanol–water partition coefficient (Wildman–Crippen LogP) is 2.37. The van der Waals surface area contributed by atoms with Gasteiger partial charge in [0.1, 0.15) is 6.54 Å². The molecule has 3 heterocycles. The minimum Gasteiger partial charge on any atom is -0.379 e. The zero-order valence-electron chi connectivity index (χ0n) is 19.4.